The van der Waals surface area contributed by atoms with Crippen molar-refractivity contribution in [3.05, 3.63) is 40.7 Å². The van der Waals surface area contributed by atoms with Crippen molar-refractivity contribution in [2.24, 2.45) is 0 Å². The second-order valence-corrected chi connectivity index (χ2v) is 7.57. The van der Waals surface area contributed by atoms with Crippen molar-refractivity contribution >= 4 is 38.9 Å². The lowest BCUT2D eigenvalue weighted by atomic mass is 10.2. The van der Waals surface area contributed by atoms with Crippen LogP contribution in [0.4, 0.5) is 0 Å². The number of amides is 1. The van der Waals surface area contributed by atoms with Crippen LogP contribution < -0.4 is 5.32 Å². The van der Waals surface area contributed by atoms with Crippen molar-refractivity contribution in [1.82, 2.24) is 15.5 Å². The van der Waals surface area contributed by atoms with E-state index in [1.54, 1.807) is 24.3 Å². The topological polar surface area (TPSA) is 102 Å². The Morgan fingerprint density at radius 1 is 1.21 bits per heavy atom. The summed E-state index contributed by atoms with van der Waals surface area (Å²) in [7, 11) is -3.74. The zero-order chi connectivity index (χ0) is 17.6. The molecule has 0 aliphatic heterocycles. The molecule has 0 atom stereocenters. The van der Waals surface area contributed by atoms with Gasteiger partial charge in [-0.15, -0.1) is 16.7 Å². The van der Waals surface area contributed by atoms with E-state index in [1.165, 1.54) is 0 Å². The SMILES string of the molecule is O=C(CCCl)NCCc1nnc(S(=O)(=O)Cc2ccc(Cl)cc2)o1. The Hall–Kier alpha value is -1.64. The summed E-state index contributed by atoms with van der Waals surface area (Å²) in [5.41, 5.74) is 0.562. The Bertz CT molecular complexity index is 791. The van der Waals surface area contributed by atoms with Gasteiger partial charge >= 0.3 is 5.22 Å². The van der Waals surface area contributed by atoms with Crippen LogP contribution in [-0.4, -0.2) is 36.9 Å². The molecule has 1 aromatic carbocycles. The molecule has 130 valence electrons. The van der Waals surface area contributed by atoms with Gasteiger partial charge in [0.2, 0.25) is 21.6 Å². The number of sulfone groups is 1. The van der Waals surface area contributed by atoms with E-state index in [0.717, 1.165) is 0 Å². The third-order valence-electron chi connectivity index (χ3n) is 2.97. The van der Waals surface area contributed by atoms with Crippen LogP contribution in [0.25, 0.3) is 0 Å². The van der Waals surface area contributed by atoms with Crippen molar-refractivity contribution in [2.45, 2.75) is 23.8 Å². The highest BCUT2D eigenvalue weighted by Gasteiger charge is 2.23. The van der Waals surface area contributed by atoms with Crippen molar-refractivity contribution in [3.63, 3.8) is 0 Å². The summed E-state index contributed by atoms with van der Waals surface area (Å²) in [4.78, 5) is 11.3. The smallest absolute Gasteiger partial charge is 0.335 e. The average Bonchev–Trinajstić information content (AvgIpc) is 2.99. The molecular formula is C14H15Cl2N3O4S. The summed E-state index contributed by atoms with van der Waals surface area (Å²) < 4.78 is 29.7. The number of benzene rings is 1. The number of aromatic nitrogens is 2. The van der Waals surface area contributed by atoms with E-state index in [0.29, 0.717) is 10.6 Å². The van der Waals surface area contributed by atoms with Crippen LogP contribution >= 0.6 is 23.2 Å². The summed E-state index contributed by atoms with van der Waals surface area (Å²) in [6.07, 6.45) is 0.448. The van der Waals surface area contributed by atoms with Crippen molar-refractivity contribution in [2.75, 3.05) is 12.4 Å². The minimum atomic E-state index is -3.74. The molecule has 24 heavy (non-hydrogen) atoms. The molecule has 0 saturated carbocycles. The molecule has 0 unspecified atom stereocenters. The fourth-order valence-corrected chi connectivity index (χ4v) is 3.25. The number of nitrogens with one attached hydrogen (secondary N) is 1. The summed E-state index contributed by atoms with van der Waals surface area (Å²) >= 11 is 11.2. The van der Waals surface area contributed by atoms with Crippen LogP contribution in [0, 0.1) is 0 Å². The number of halogens is 2. The highest BCUT2D eigenvalue weighted by Crippen LogP contribution is 2.17. The minimum absolute atomic E-state index is 0.135. The number of carbonyl (C=O) groups is 1. The van der Waals surface area contributed by atoms with Crippen LogP contribution in [-0.2, 0) is 26.8 Å². The van der Waals surface area contributed by atoms with Crippen LogP contribution in [0.3, 0.4) is 0 Å². The molecule has 1 amide bonds. The summed E-state index contributed by atoms with van der Waals surface area (Å²) in [5.74, 6) is -0.0893. The van der Waals surface area contributed by atoms with Gasteiger partial charge in [0.25, 0.3) is 0 Å². The fraction of sp³-hybridized carbons (Fsp3) is 0.357. The highest BCUT2D eigenvalue weighted by molar-refractivity contribution is 7.90. The van der Waals surface area contributed by atoms with E-state index < -0.39 is 15.1 Å². The van der Waals surface area contributed by atoms with E-state index in [-0.39, 0.29) is 42.8 Å². The molecule has 7 nitrogen and oxygen atoms in total. The maximum atomic E-state index is 12.3. The largest absolute Gasteiger partial charge is 0.412 e. The second-order valence-electron chi connectivity index (χ2n) is 4.89. The van der Waals surface area contributed by atoms with Gasteiger partial charge in [0, 0.05) is 30.3 Å². The molecule has 0 aliphatic carbocycles. The monoisotopic (exact) mass is 391 g/mol. The summed E-state index contributed by atoms with van der Waals surface area (Å²) in [6, 6.07) is 6.44. The van der Waals surface area contributed by atoms with Gasteiger partial charge < -0.3 is 9.73 Å². The maximum Gasteiger partial charge on any atom is 0.335 e. The van der Waals surface area contributed by atoms with E-state index in [9.17, 15) is 13.2 Å². The first-order valence-corrected chi connectivity index (χ1v) is 9.59. The first-order valence-electron chi connectivity index (χ1n) is 7.03. The van der Waals surface area contributed by atoms with Crippen molar-refractivity contribution in [1.29, 1.82) is 0 Å². The van der Waals surface area contributed by atoms with Gasteiger partial charge in [0.1, 0.15) is 0 Å². The molecule has 0 spiro atoms. The standard InChI is InChI=1S/C14H15Cl2N3O4S/c15-7-5-12(20)17-8-6-13-18-19-14(23-13)24(21,22)9-10-1-3-11(16)4-2-10/h1-4H,5-9H2,(H,17,20). The average molecular weight is 392 g/mol. The number of hydrogen-bond donors (Lipinski definition) is 1. The minimum Gasteiger partial charge on any atom is -0.412 e. The Morgan fingerprint density at radius 2 is 1.92 bits per heavy atom. The van der Waals surface area contributed by atoms with Crippen LogP contribution in [0.15, 0.2) is 33.9 Å². The Balaban J connectivity index is 1.95. The van der Waals surface area contributed by atoms with Gasteiger partial charge in [-0.05, 0) is 17.7 Å². The van der Waals surface area contributed by atoms with E-state index in [1.807, 2.05) is 0 Å². The predicted molar refractivity (Wildman–Crippen MR) is 88.7 cm³/mol. The van der Waals surface area contributed by atoms with Gasteiger partial charge in [-0.25, -0.2) is 8.42 Å². The van der Waals surface area contributed by atoms with Gasteiger partial charge in [-0.3, -0.25) is 4.79 Å². The molecule has 1 heterocycles. The van der Waals surface area contributed by atoms with Gasteiger partial charge in [-0.1, -0.05) is 28.8 Å². The summed E-state index contributed by atoms with van der Waals surface area (Å²) in [6.45, 7) is 0.259. The molecule has 0 radical (unpaired) electrons. The lowest BCUT2D eigenvalue weighted by molar-refractivity contribution is -0.120. The van der Waals surface area contributed by atoms with Crippen LogP contribution in [0.1, 0.15) is 17.9 Å². The van der Waals surface area contributed by atoms with E-state index in [4.69, 9.17) is 27.6 Å². The molecular weight excluding hydrogens is 377 g/mol. The molecule has 0 saturated heterocycles. The molecule has 10 heteroatoms. The van der Waals surface area contributed by atoms with Gasteiger partial charge in [-0.2, -0.15) is 0 Å². The zero-order valence-corrected chi connectivity index (χ0v) is 14.9. The second kappa shape index (κ2) is 8.46. The van der Waals surface area contributed by atoms with E-state index >= 15 is 0 Å². The maximum absolute atomic E-state index is 12.3. The molecule has 1 aromatic heterocycles. The third-order valence-corrected chi connectivity index (χ3v) is 4.82. The molecule has 1 N–H and O–H groups in total. The van der Waals surface area contributed by atoms with Crippen LogP contribution in [0.5, 0.6) is 0 Å². The molecule has 0 fully saturated rings. The molecule has 2 rings (SSSR count). The Morgan fingerprint density at radius 3 is 2.58 bits per heavy atom. The number of nitrogens with zero attached hydrogens (tertiary/aromatic N) is 2. The molecule has 0 aliphatic rings. The van der Waals surface area contributed by atoms with Crippen molar-refractivity contribution in [3.8, 4) is 0 Å². The van der Waals surface area contributed by atoms with Gasteiger partial charge in [0.15, 0.2) is 0 Å². The lowest BCUT2D eigenvalue weighted by Gasteiger charge is -2.01. The summed E-state index contributed by atoms with van der Waals surface area (Å²) in [5, 5.41) is 9.95. The van der Waals surface area contributed by atoms with Crippen LogP contribution in [0.2, 0.25) is 5.02 Å². The van der Waals surface area contributed by atoms with Crippen molar-refractivity contribution < 1.29 is 17.6 Å². The fourth-order valence-electron chi connectivity index (χ4n) is 1.81. The highest BCUT2D eigenvalue weighted by atomic mass is 35.5. The Kier molecular flexibility index (Phi) is 6.59. The predicted octanol–water partition coefficient (Wildman–Crippen LogP) is 1.98. The third kappa shape index (κ3) is 5.47. The number of carbonyl (C=O) groups excluding carboxylic acids is 1. The molecule has 2 aromatic rings. The van der Waals surface area contributed by atoms with Gasteiger partial charge in [0.05, 0.1) is 5.75 Å². The number of hydrogen-bond acceptors (Lipinski definition) is 6. The number of alkyl halides is 1. The quantitative estimate of drug-likeness (QED) is 0.690. The lowest BCUT2D eigenvalue weighted by Crippen LogP contribution is -2.25. The number of rotatable bonds is 8. The zero-order valence-electron chi connectivity index (χ0n) is 12.5. The molecule has 0 bridgehead atoms. The Labute approximate surface area is 149 Å². The van der Waals surface area contributed by atoms with E-state index in [2.05, 4.69) is 15.5 Å². The first kappa shape index (κ1) is 18.7. The first-order chi connectivity index (χ1) is 11.4. The normalized spacial score (nSPS) is 11.4.